The van der Waals surface area contributed by atoms with Gasteiger partial charge in [-0.25, -0.2) is 8.42 Å². The van der Waals surface area contributed by atoms with Gasteiger partial charge < -0.3 is 20.5 Å². The molecule has 1 aliphatic heterocycles. The Bertz CT molecular complexity index is 714. The Morgan fingerprint density at radius 2 is 1.96 bits per heavy atom. The number of nitrogens with two attached hydrogens (primary N) is 1. The Morgan fingerprint density at radius 1 is 1.32 bits per heavy atom. The van der Waals surface area contributed by atoms with Crippen LogP contribution in [0, 0.1) is 5.92 Å². The van der Waals surface area contributed by atoms with Gasteiger partial charge in [0.2, 0.25) is 15.9 Å². The van der Waals surface area contributed by atoms with Crippen LogP contribution in [0.1, 0.15) is 13.8 Å². The van der Waals surface area contributed by atoms with Crippen LogP contribution >= 0.6 is 0 Å². The highest BCUT2D eigenvalue weighted by Crippen LogP contribution is 2.30. The predicted octanol–water partition coefficient (Wildman–Crippen LogP) is 0.638. The van der Waals surface area contributed by atoms with Crippen molar-refractivity contribution in [3.05, 3.63) is 18.2 Å². The minimum absolute atomic E-state index is 0.00724. The summed E-state index contributed by atoms with van der Waals surface area (Å²) in [5.41, 5.74) is 6.18. The minimum atomic E-state index is -3.75. The van der Waals surface area contributed by atoms with E-state index in [9.17, 15) is 13.2 Å². The van der Waals surface area contributed by atoms with E-state index in [1.807, 2.05) is 13.8 Å². The van der Waals surface area contributed by atoms with E-state index < -0.39 is 16.1 Å². The molecule has 140 valence electrons. The molecule has 1 unspecified atom stereocenters. The average molecular weight is 371 g/mol. The second-order valence-electron chi connectivity index (χ2n) is 6.14. The van der Waals surface area contributed by atoms with Crippen LogP contribution in [0.3, 0.4) is 0 Å². The lowest BCUT2D eigenvalue weighted by molar-refractivity contribution is -0.118. The summed E-state index contributed by atoms with van der Waals surface area (Å²) in [4.78, 5) is 12.1. The number of amides is 1. The van der Waals surface area contributed by atoms with Crippen LogP contribution in [-0.2, 0) is 19.6 Å². The zero-order valence-corrected chi connectivity index (χ0v) is 15.5. The van der Waals surface area contributed by atoms with E-state index in [-0.39, 0.29) is 35.6 Å². The SMILES string of the molecule is COc1ccc(NC(=O)C(N)C(C)C)cc1S(=O)(=O)N1CCOCC1. The maximum atomic E-state index is 12.9. The zero-order chi connectivity index (χ0) is 18.6. The summed E-state index contributed by atoms with van der Waals surface area (Å²) >= 11 is 0. The molecule has 1 amide bonds. The Kier molecular flexibility index (Phi) is 6.39. The summed E-state index contributed by atoms with van der Waals surface area (Å²) in [6.07, 6.45) is 0. The van der Waals surface area contributed by atoms with Gasteiger partial charge in [0, 0.05) is 18.8 Å². The number of sulfonamides is 1. The highest BCUT2D eigenvalue weighted by Gasteiger charge is 2.30. The van der Waals surface area contributed by atoms with E-state index in [4.69, 9.17) is 15.2 Å². The van der Waals surface area contributed by atoms with Gasteiger partial charge in [0.15, 0.2) is 0 Å². The van der Waals surface area contributed by atoms with Gasteiger partial charge in [-0.3, -0.25) is 4.79 Å². The van der Waals surface area contributed by atoms with Gasteiger partial charge >= 0.3 is 0 Å². The molecule has 1 aromatic carbocycles. The fraction of sp³-hybridized carbons (Fsp3) is 0.562. The fourth-order valence-electron chi connectivity index (χ4n) is 2.41. The maximum Gasteiger partial charge on any atom is 0.246 e. The van der Waals surface area contributed by atoms with Crippen molar-refractivity contribution < 1.29 is 22.7 Å². The molecule has 8 nitrogen and oxygen atoms in total. The molecule has 1 fully saturated rings. The summed E-state index contributed by atoms with van der Waals surface area (Å²) < 4.78 is 37.5. The second-order valence-corrected chi connectivity index (χ2v) is 8.05. The molecule has 1 saturated heterocycles. The summed E-state index contributed by atoms with van der Waals surface area (Å²) in [5, 5.41) is 2.66. The number of rotatable bonds is 6. The summed E-state index contributed by atoms with van der Waals surface area (Å²) in [6.45, 7) is 4.93. The standard InChI is InChI=1S/C16H25N3O5S/c1-11(2)15(17)16(20)18-12-4-5-13(23-3)14(10-12)25(21,22)19-6-8-24-9-7-19/h4-5,10-11,15H,6-9,17H2,1-3H3,(H,18,20). The minimum Gasteiger partial charge on any atom is -0.495 e. The van der Waals surface area contributed by atoms with Crippen molar-refractivity contribution in [2.75, 3.05) is 38.7 Å². The average Bonchev–Trinajstić information content (AvgIpc) is 2.61. The van der Waals surface area contributed by atoms with E-state index in [0.717, 1.165) is 0 Å². The number of carbonyl (C=O) groups is 1. The lowest BCUT2D eigenvalue weighted by Gasteiger charge is -2.27. The molecule has 0 aromatic heterocycles. The van der Waals surface area contributed by atoms with Gasteiger partial charge in [-0.1, -0.05) is 13.8 Å². The van der Waals surface area contributed by atoms with Crippen LogP contribution in [0.2, 0.25) is 0 Å². The van der Waals surface area contributed by atoms with Crippen LogP contribution in [0.4, 0.5) is 5.69 Å². The zero-order valence-electron chi connectivity index (χ0n) is 14.7. The molecule has 0 bridgehead atoms. The quantitative estimate of drug-likeness (QED) is 0.759. The number of morpholine rings is 1. The van der Waals surface area contributed by atoms with Crippen molar-refractivity contribution >= 4 is 21.6 Å². The molecule has 0 spiro atoms. The van der Waals surface area contributed by atoms with Crippen LogP contribution in [0.5, 0.6) is 5.75 Å². The largest absolute Gasteiger partial charge is 0.495 e. The molecule has 2 rings (SSSR count). The molecule has 1 atom stereocenters. The van der Waals surface area contributed by atoms with Gasteiger partial charge in [-0.15, -0.1) is 0 Å². The number of benzene rings is 1. The van der Waals surface area contributed by atoms with Gasteiger partial charge in [0.05, 0.1) is 26.4 Å². The normalized spacial score (nSPS) is 17.3. The number of nitrogens with zero attached hydrogens (tertiary/aromatic N) is 1. The Morgan fingerprint density at radius 3 is 2.52 bits per heavy atom. The van der Waals surface area contributed by atoms with Crippen molar-refractivity contribution in [1.82, 2.24) is 4.31 Å². The van der Waals surface area contributed by atoms with Crippen LogP contribution < -0.4 is 15.8 Å². The third kappa shape index (κ3) is 4.49. The first-order valence-electron chi connectivity index (χ1n) is 8.09. The first kappa shape index (κ1) is 19.6. The predicted molar refractivity (Wildman–Crippen MR) is 94.0 cm³/mol. The van der Waals surface area contributed by atoms with Gasteiger partial charge in [0.25, 0.3) is 0 Å². The van der Waals surface area contributed by atoms with Gasteiger partial charge in [-0.05, 0) is 24.1 Å². The Balaban J connectivity index is 2.32. The number of anilines is 1. The van der Waals surface area contributed by atoms with Crippen LogP contribution in [0.15, 0.2) is 23.1 Å². The molecule has 0 aliphatic carbocycles. The first-order valence-corrected chi connectivity index (χ1v) is 9.53. The van der Waals surface area contributed by atoms with Crippen molar-refractivity contribution in [1.29, 1.82) is 0 Å². The lowest BCUT2D eigenvalue weighted by Crippen LogP contribution is -2.41. The first-order chi connectivity index (χ1) is 11.8. The Hall–Kier alpha value is -1.68. The second kappa shape index (κ2) is 8.13. The van der Waals surface area contributed by atoms with E-state index in [1.54, 1.807) is 6.07 Å². The molecule has 0 saturated carbocycles. The molecular formula is C16H25N3O5S. The molecule has 1 aliphatic rings. The molecule has 0 radical (unpaired) electrons. The van der Waals surface area contributed by atoms with E-state index >= 15 is 0 Å². The molecule has 1 aromatic rings. The van der Waals surface area contributed by atoms with E-state index in [0.29, 0.717) is 18.9 Å². The van der Waals surface area contributed by atoms with Crippen LogP contribution in [0.25, 0.3) is 0 Å². The fourth-order valence-corrected chi connectivity index (χ4v) is 4.00. The smallest absolute Gasteiger partial charge is 0.246 e. The van der Waals surface area contributed by atoms with Crippen LogP contribution in [-0.4, -0.2) is 58.1 Å². The van der Waals surface area contributed by atoms with Crippen molar-refractivity contribution in [3.63, 3.8) is 0 Å². The monoisotopic (exact) mass is 371 g/mol. The van der Waals surface area contributed by atoms with Gasteiger partial charge in [0.1, 0.15) is 10.6 Å². The maximum absolute atomic E-state index is 12.9. The number of hydrogen-bond acceptors (Lipinski definition) is 6. The highest BCUT2D eigenvalue weighted by atomic mass is 32.2. The topological polar surface area (TPSA) is 111 Å². The number of ether oxygens (including phenoxy) is 2. The van der Waals surface area contributed by atoms with Gasteiger partial charge in [-0.2, -0.15) is 4.31 Å². The summed E-state index contributed by atoms with van der Waals surface area (Å²) in [6, 6.07) is 3.82. The lowest BCUT2D eigenvalue weighted by atomic mass is 10.0. The summed E-state index contributed by atoms with van der Waals surface area (Å²) in [5.74, 6) is -0.178. The Labute approximate surface area is 148 Å². The molecular weight excluding hydrogens is 346 g/mol. The highest BCUT2D eigenvalue weighted by molar-refractivity contribution is 7.89. The number of methoxy groups -OCH3 is 1. The van der Waals surface area contributed by atoms with E-state index in [2.05, 4.69) is 5.32 Å². The van der Waals surface area contributed by atoms with Crippen molar-refractivity contribution in [2.45, 2.75) is 24.8 Å². The molecule has 1 heterocycles. The molecule has 3 N–H and O–H groups in total. The van der Waals surface area contributed by atoms with Crippen molar-refractivity contribution in [3.8, 4) is 5.75 Å². The third-order valence-electron chi connectivity index (χ3n) is 4.04. The third-order valence-corrected chi connectivity index (χ3v) is 5.96. The number of nitrogens with one attached hydrogen (secondary N) is 1. The van der Waals surface area contributed by atoms with Crippen molar-refractivity contribution in [2.24, 2.45) is 11.7 Å². The van der Waals surface area contributed by atoms with E-state index in [1.165, 1.54) is 23.5 Å². The summed E-state index contributed by atoms with van der Waals surface area (Å²) in [7, 11) is -2.35. The molecule has 25 heavy (non-hydrogen) atoms. The molecule has 9 heteroatoms. The number of carbonyl (C=O) groups excluding carboxylic acids is 1. The number of hydrogen-bond donors (Lipinski definition) is 2.